The fourth-order valence-electron chi connectivity index (χ4n) is 3.05. The van der Waals surface area contributed by atoms with Gasteiger partial charge in [0.25, 0.3) is 0 Å². The van der Waals surface area contributed by atoms with Gasteiger partial charge in [0.1, 0.15) is 28.7 Å². The second-order valence-electron chi connectivity index (χ2n) is 5.89. The number of rotatable bonds is 2. The molecule has 0 unspecified atom stereocenters. The number of imidazole rings is 1. The van der Waals surface area contributed by atoms with Crippen LogP contribution >= 0.6 is 11.5 Å². The molecule has 8 heteroatoms. The average molecular weight is 311 g/mol. The Morgan fingerprint density at radius 1 is 1.38 bits per heavy atom. The zero-order chi connectivity index (χ0) is 14.8. The fraction of sp³-hybridized carbons (Fsp3) is 0.692. The summed E-state index contributed by atoms with van der Waals surface area (Å²) in [7, 11) is 0. The van der Waals surface area contributed by atoms with Gasteiger partial charge in [0.2, 0.25) is 0 Å². The summed E-state index contributed by atoms with van der Waals surface area (Å²) < 4.78 is 24.0. The predicted molar refractivity (Wildman–Crippen MR) is 75.0 cm³/mol. The molecule has 0 radical (unpaired) electrons. The van der Waals surface area contributed by atoms with Crippen molar-refractivity contribution in [3.05, 3.63) is 12.0 Å². The number of hydrogen-bond donors (Lipinski definition) is 1. The van der Waals surface area contributed by atoms with E-state index >= 15 is 0 Å². The van der Waals surface area contributed by atoms with Crippen molar-refractivity contribution in [1.82, 2.24) is 13.9 Å². The molecule has 4 heterocycles. The van der Waals surface area contributed by atoms with Crippen LogP contribution in [0, 0.1) is 6.92 Å². The van der Waals surface area contributed by atoms with Crippen molar-refractivity contribution in [3.63, 3.8) is 0 Å². The number of aryl methyl sites for hydroxylation is 1. The number of ether oxygens (including phenoxy) is 3. The molecular formula is C13H17N3O4S. The van der Waals surface area contributed by atoms with E-state index in [2.05, 4.69) is 9.36 Å². The topological polar surface area (TPSA) is 78.6 Å². The lowest BCUT2D eigenvalue weighted by Gasteiger charge is -2.24. The average Bonchev–Trinajstić information content (AvgIpc) is 3.12. The van der Waals surface area contributed by atoms with E-state index in [9.17, 15) is 5.11 Å². The van der Waals surface area contributed by atoms with E-state index in [1.54, 1.807) is 6.33 Å². The van der Waals surface area contributed by atoms with Crippen molar-refractivity contribution in [2.24, 2.45) is 0 Å². The Kier molecular flexibility index (Phi) is 2.89. The third kappa shape index (κ3) is 1.94. The molecule has 114 valence electrons. The van der Waals surface area contributed by atoms with Crippen LogP contribution < -0.4 is 0 Å². The zero-order valence-electron chi connectivity index (χ0n) is 12.0. The predicted octanol–water partition coefficient (Wildman–Crippen LogP) is 1.21. The number of aliphatic hydroxyl groups is 1. The van der Waals surface area contributed by atoms with E-state index in [0.29, 0.717) is 0 Å². The van der Waals surface area contributed by atoms with Gasteiger partial charge < -0.3 is 19.3 Å². The molecule has 2 aromatic heterocycles. The summed E-state index contributed by atoms with van der Waals surface area (Å²) in [4.78, 5) is 5.34. The summed E-state index contributed by atoms with van der Waals surface area (Å²) >= 11 is 1.39. The fourth-order valence-corrected chi connectivity index (χ4v) is 3.90. The lowest BCUT2D eigenvalue weighted by atomic mass is 10.1. The van der Waals surface area contributed by atoms with Gasteiger partial charge in [-0.25, -0.2) is 4.98 Å². The maximum Gasteiger partial charge on any atom is 0.165 e. The molecule has 2 aliphatic rings. The number of fused-ring (bicyclic) bond motifs is 2. The summed E-state index contributed by atoms with van der Waals surface area (Å²) in [5.74, 6) is -0.673. The van der Waals surface area contributed by atoms with Crippen LogP contribution in [-0.4, -0.2) is 49.7 Å². The largest absolute Gasteiger partial charge is 0.394 e. The molecule has 0 saturated carbocycles. The molecule has 1 N–H and O–H groups in total. The minimum absolute atomic E-state index is 0.101. The van der Waals surface area contributed by atoms with Crippen LogP contribution in [0.2, 0.25) is 0 Å². The van der Waals surface area contributed by atoms with E-state index < -0.39 is 11.9 Å². The lowest BCUT2D eigenvalue weighted by molar-refractivity contribution is -0.199. The smallest absolute Gasteiger partial charge is 0.165 e. The molecule has 0 aromatic carbocycles. The molecule has 2 aliphatic heterocycles. The molecule has 21 heavy (non-hydrogen) atoms. The Morgan fingerprint density at radius 2 is 2.14 bits per heavy atom. The molecule has 4 rings (SSSR count). The van der Waals surface area contributed by atoms with Gasteiger partial charge in [-0.15, -0.1) is 0 Å². The Morgan fingerprint density at radius 3 is 2.90 bits per heavy atom. The maximum atomic E-state index is 9.52. The highest BCUT2D eigenvalue weighted by atomic mass is 32.1. The van der Waals surface area contributed by atoms with E-state index in [1.807, 2.05) is 25.3 Å². The number of hydrogen-bond acceptors (Lipinski definition) is 7. The van der Waals surface area contributed by atoms with Crippen LogP contribution in [0.5, 0.6) is 0 Å². The Bertz CT molecular complexity index is 682. The first kappa shape index (κ1) is 13.6. The standard InChI is InChI=1S/C13H17N3O4S/c1-6-8-12(21-15-6)16(5-14-8)11-10-9(7(4-17)18-11)19-13(2,3)20-10/h5,7,9-11,17H,4H2,1-3H3/t7-,9-,10-,11-/m1/s1. The first-order valence-electron chi connectivity index (χ1n) is 6.91. The normalized spacial score (nSPS) is 34.7. The third-order valence-corrected chi connectivity index (χ3v) is 4.88. The van der Waals surface area contributed by atoms with Crippen LogP contribution in [0.4, 0.5) is 0 Å². The van der Waals surface area contributed by atoms with Gasteiger partial charge >= 0.3 is 0 Å². The molecule has 0 aliphatic carbocycles. The molecule has 2 fully saturated rings. The number of nitrogens with zero attached hydrogens (tertiary/aromatic N) is 3. The minimum atomic E-state index is -0.673. The first-order chi connectivity index (χ1) is 10.00. The number of aliphatic hydroxyl groups excluding tert-OH is 1. The highest BCUT2D eigenvalue weighted by molar-refractivity contribution is 7.12. The monoisotopic (exact) mass is 311 g/mol. The van der Waals surface area contributed by atoms with Crippen molar-refractivity contribution < 1.29 is 19.3 Å². The Hall–Kier alpha value is -1.06. The van der Waals surface area contributed by atoms with E-state index in [0.717, 1.165) is 16.0 Å². The SMILES string of the molecule is Cc1nsc2c1ncn2[C@@H]1O[C@H](CO)[C@H]2OC(C)(C)O[C@H]21. The summed E-state index contributed by atoms with van der Waals surface area (Å²) in [6, 6.07) is 0. The quantitative estimate of drug-likeness (QED) is 0.898. The van der Waals surface area contributed by atoms with Gasteiger partial charge in [-0.2, -0.15) is 4.37 Å². The maximum absolute atomic E-state index is 9.52. The molecule has 2 aromatic rings. The third-order valence-electron chi connectivity index (χ3n) is 3.94. The number of aromatic nitrogens is 3. The van der Waals surface area contributed by atoms with Crippen molar-refractivity contribution in [2.75, 3.05) is 6.61 Å². The van der Waals surface area contributed by atoms with Gasteiger partial charge in [-0.05, 0) is 32.3 Å². The van der Waals surface area contributed by atoms with Crippen molar-refractivity contribution in [1.29, 1.82) is 0 Å². The summed E-state index contributed by atoms with van der Waals surface area (Å²) in [5.41, 5.74) is 1.79. The Labute approximate surface area is 125 Å². The van der Waals surface area contributed by atoms with Crippen molar-refractivity contribution >= 4 is 21.9 Å². The molecule has 0 amide bonds. The summed E-state index contributed by atoms with van der Waals surface area (Å²) in [6.45, 7) is 5.58. The van der Waals surface area contributed by atoms with E-state index in [4.69, 9.17) is 14.2 Å². The molecule has 0 bridgehead atoms. The summed E-state index contributed by atoms with van der Waals surface area (Å²) in [5, 5.41) is 9.52. The summed E-state index contributed by atoms with van der Waals surface area (Å²) in [6.07, 6.45) is 0.442. The molecule has 7 nitrogen and oxygen atoms in total. The van der Waals surface area contributed by atoms with Crippen molar-refractivity contribution in [2.45, 2.75) is 51.1 Å². The van der Waals surface area contributed by atoms with E-state index in [1.165, 1.54) is 11.5 Å². The van der Waals surface area contributed by atoms with Crippen LogP contribution in [0.15, 0.2) is 6.33 Å². The first-order valence-corrected chi connectivity index (χ1v) is 7.68. The van der Waals surface area contributed by atoms with Crippen LogP contribution in [-0.2, 0) is 14.2 Å². The second-order valence-corrected chi connectivity index (χ2v) is 6.64. The van der Waals surface area contributed by atoms with Crippen molar-refractivity contribution in [3.8, 4) is 0 Å². The van der Waals surface area contributed by atoms with Crippen LogP contribution in [0.3, 0.4) is 0 Å². The molecule has 2 saturated heterocycles. The van der Waals surface area contributed by atoms with Gasteiger partial charge in [-0.3, -0.25) is 4.57 Å². The van der Waals surface area contributed by atoms with Gasteiger partial charge in [0, 0.05) is 0 Å². The lowest BCUT2D eigenvalue weighted by Crippen LogP contribution is -2.31. The molecular weight excluding hydrogens is 294 g/mol. The van der Waals surface area contributed by atoms with Gasteiger partial charge in [0.05, 0.1) is 18.6 Å². The molecule has 4 atom stereocenters. The highest BCUT2D eigenvalue weighted by Crippen LogP contribution is 2.44. The van der Waals surface area contributed by atoms with Gasteiger partial charge in [-0.1, -0.05) is 0 Å². The Balaban J connectivity index is 1.74. The van der Waals surface area contributed by atoms with Gasteiger partial charge in [0.15, 0.2) is 12.0 Å². The van der Waals surface area contributed by atoms with Crippen LogP contribution in [0.25, 0.3) is 10.3 Å². The molecule has 0 spiro atoms. The van der Waals surface area contributed by atoms with E-state index in [-0.39, 0.29) is 25.0 Å². The second kappa shape index (κ2) is 4.47. The minimum Gasteiger partial charge on any atom is -0.394 e. The van der Waals surface area contributed by atoms with Crippen LogP contribution in [0.1, 0.15) is 25.8 Å². The zero-order valence-corrected chi connectivity index (χ0v) is 12.8. The highest BCUT2D eigenvalue weighted by Gasteiger charge is 2.55.